The van der Waals surface area contributed by atoms with Crippen LogP contribution in [0.2, 0.25) is 5.02 Å². The fourth-order valence-electron chi connectivity index (χ4n) is 2.91. The number of rotatable bonds is 8. The zero-order valence-corrected chi connectivity index (χ0v) is 17.9. The first-order chi connectivity index (χ1) is 14.5. The summed E-state index contributed by atoms with van der Waals surface area (Å²) in [7, 11) is 1.27. The maximum absolute atomic E-state index is 13.9. The number of ether oxygens (including phenoxy) is 1. The van der Waals surface area contributed by atoms with Crippen LogP contribution in [-0.4, -0.2) is 51.4 Å². The Hall–Kier alpha value is -2.78. The topological polar surface area (TPSA) is 78.2 Å². The standard InChI is InChI=1S/C20H20ClFN4O3S/c1-29-20(28)16(7-10-30-2)24-18(27)14-12-23-26(19(14)25-8-3-4-9-25)17-11-13(22)5-6-15(17)21/h3-6,8-9,11-12,16H,7,10H2,1-2H3,(H,24,27)/t16-/m1/s1. The Balaban J connectivity index is 2.03. The Bertz CT molecular complexity index is 1040. The summed E-state index contributed by atoms with van der Waals surface area (Å²) in [6.45, 7) is 0. The largest absolute Gasteiger partial charge is 0.467 e. The van der Waals surface area contributed by atoms with Crippen LogP contribution in [0.25, 0.3) is 11.5 Å². The molecule has 0 radical (unpaired) electrons. The smallest absolute Gasteiger partial charge is 0.328 e. The van der Waals surface area contributed by atoms with Gasteiger partial charge >= 0.3 is 5.97 Å². The number of carbonyl (C=O) groups excluding carboxylic acids is 2. The molecule has 2 heterocycles. The number of nitrogens with zero attached hydrogens (tertiary/aromatic N) is 3. The van der Waals surface area contributed by atoms with E-state index in [0.29, 0.717) is 18.0 Å². The molecule has 10 heteroatoms. The highest BCUT2D eigenvalue weighted by Gasteiger charge is 2.26. The van der Waals surface area contributed by atoms with E-state index in [9.17, 15) is 14.0 Å². The lowest BCUT2D eigenvalue weighted by atomic mass is 10.2. The van der Waals surface area contributed by atoms with E-state index in [4.69, 9.17) is 16.3 Å². The van der Waals surface area contributed by atoms with Gasteiger partial charge in [-0.25, -0.2) is 13.9 Å². The van der Waals surface area contributed by atoms with Crippen molar-refractivity contribution in [3.63, 3.8) is 0 Å². The molecule has 2 aromatic heterocycles. The summed E-state index contributed by atoms with van der Waals surface area (Å²) in [6, 6.07) is 6.66. The first-order valence-corrected chi connectivity index (χ1v) is 10.8. The summed E-state index contributed by atoms with van der Waals surface area (Å²) in [5, 5.41) is 7.25. The van der Waals surface area contributed by atoms with Gasteiger partial charge in [-0.1, -0.05) is 11.6 Å². The summed E-state index contributed by atoms with van der Waals surface area (Å²) in [5.74, 6) is -0.493. The predicted octanol–water partition coefficient (Wildman–Crippen LogP) is 3.48. The van der Waals surface area contributed by atoms with E-state index in [2.05, 4.69) is 10.4 Å². The van der Waals surface area contributed by atoms with Gasteiger partial charge in [-0.2, -0.15) is 16.9 Å². The van der Waals surface area contributed by atoms with Crippen molar-refractivity contribution in [1.29, 1.82) is 0 Å². The lowest BCUT2D eigenvalue weighted by molar-refractivity contribution is -0.142. The van der Waals surface area contributed by atoms with Crippen LogP contribution >= 0.6 is 23.4 Å². The second kappa shape index (κ2) is 9.82. The number of amides is 1. The molecule has 3 aromatic rings. The van der Waals surface area contributed by atoms with Gasteiger partial charge in [-0.3, -0.25) is 4.79 Å². The first kappa shape index (κ1) is 21.9. The molecule has 1 atom stereocenters. The van der Waals surface area contributed by atoms with Gasteiger partial charge in [-0.15, -0.1) is 0 Å². The third-order valence-electron chi connectivity index (χ3n) is 4.38. The average Bonchev–Trinajstić information content (AvgIpc) is 3.41. The molecule has 0 saturated carbocycles. The zero-order valence-electron chi connectivity index (χ0n) is 16.3. The van der Waals surface area contributed by atoms with Crippen LogP contribution < -0.4 is 5.32 Å². The third-order valence-corrected chi connectivity index (χ3v) is 5.34. The minimum atomic E-state index is -0.798. The number of thioether (sulfide) groups is 1. The molecule has 7 nitrogen and oxygen atoms in total. The van der Waals surface area contributed by atoms with Crippen LogP contribution in [-0.2, 0) is 9.53 Å². The molecule has 3 rings (SSSR count). The Morgan fingerprint density at radius 3 is 2.73 bits per heavy atom. The molecule has 1 aromatic carbocycles. The fraction of sp³-hybridized carbons (Fsp3) is 0.250. The molecular weight excluding hydrogens is 431 g/mol. The van der Waals surface area contributed by atoms with Gasteiger partial charge in [0.25, 0.3) is 5.91 Å². The van der Waals surface area contributed by atoms with E-state index in [1.54, 1.807) is 40.9 Å². The van der Waals surface area contributed by atoms with Crippen LogP contribution in [0.3, 0.4) is 0 Å². The average molecular weight is 451 g/mol. The molecule has 0 aliphatic carbocycles. The van der Waals surface area contributed by atoms with E-state index < -0.39 is 23.7 Å². The summed E-state index contributed by atoms with van der Waals surface area (Å²) in [5.41, 5.74) is 0.482. The SMILES string of the molecule is COC(=O)[C@@H](CCSC)NC(=O)c1cnn(-c2cc(F)ccc2Cl)c1-n1cccc1. The summed E-state index contributed by atoms with van der Waals surface area (Å²) in [4.78, 5) is 25.1. The minimum absolute atomic E-state index is 0.199. The number of esters is 1. The van der Waals surface area contributed by atoms with Gasteiger partial charge in [0.2, 0.25) is 0 Å². The first-order valence-electron chi connectivity index (χ1n) is 9.00. The van der Waals surface area contributed by atoms with Crippen molar-refractivity contribution in [2.75, 3.05) is 19.1 Å². The van der Waals surface area contributed by atoms with Crippen LogP contribution in [0.4, 0.5) is 4.39 Å². The molecule has 158 valence electrons. The maximum Gasteiger partial charge on any atom is 0.328 e. The van der Waals surface area contributed by atoms with Crippen LogP contribution in [0, 0.1) is 5.82 Å². The zero-order chi connectivity index (χ0) is 21.7. The minimum Gasteiger partial charge on any atom is -0.467 e. The van der Waals surface area contributed by atoms with Crippen LogP contribution in [0.1, 0.15) is 16.8 Å². The van der Waals surface area contributed by atoms with Crippen molar-refractivity contribution in [2.24, 2.45) is 0 Å². The number of aromatic nitrogens is 3. The van der Waals surface area contributed by atoms with Crippen LogP contribution in [0.15, 0.2) is 48.9 Å². The van der Waals surface area contributed by atoms with Gasteiger partial charge in [0, 0.05) is 18.5 Å². The maximum atomic E-state index is 13.9. The van der Waals surface area contributed by atoms with Gasteiger partial charge in [0.15, 0.2) is 5.82 Å². The molecule has 0 aliphatic rings. The molecule has 1 N–H and O–H groups in total. The molecule has 0 unspecified atom stereocenters. The number of methoxy groups -OCH3 is 1. The quantitative estimate of drug-likeness (QED) is 0.531. The fourth-order valence-corrected chi connectivity index (χ4v) is 3.58. The van der Waals surface area contributed by atoms with Gasteiger partial charge in [0.1, 0.15) is 17.4 Å². The van der Waals surface area contributed by atoms with E-state index in [1.165, 1.54) is 36.2 Å². The lowest BCUT2D eigenvalue weighted by Gasteiger charge is -2.17. The highest BCUT2D eigenvalue weighted by atomic mass is 35.5. The summed E-state index contributed by atoms with van der Waals surface area (Å²) in [6.07, 6.45) is 7.14. The Morgan fingerprint density at radius 2 is 2.07 bits per heavy atom. The van der Waals surface area contributed by atoms with E-state index in [1.807, 2.05) is 6.26 Å². The van der Waals surface area contributed by atoms with Crippen LogP contribution in [0.5, 0.6) is 0 Å². The van der Waals surface area contributed by atoms with E-state index in [0.717, 1.165) is 0 Å². The summed E-state index contributed by atoms with van der Waals surface area (Å²) < 4.78 is 21.7. The predicted molar refractivity (Wildman–Crippen MR) is 114 cm³/mol. The van der Waals surface area contributed by atoms with Crippen molar-refractivity contribution in [1.82, 2.24) is 19.7 Å². The number of carbonyl (C=O) groups is 2. The number of benzene rings is 1. The van der Waals surface area contributed by atoms with Crippen molar-refractivity contribution in [3.8, 4) is 11.5 Å². The monoisotopic (exact) mass is 450 g/mol. The van der Waals surface area contributed by atoms with Crippen molar-refractivity contribution in [3.05, 3.63) is 65.3 Å². The second-order valence-corrected chi connectivity index (χ2v) is 7.70. The Kier molecular flexibility index (Phi) is 7.17. The number of nitrogens with one attached hydrogen (secondary N) is 1. The number of halogens is 2. The highest BCUT2D eigenvalue weighted by molar-refractivity contribution is 7.98. The molecule has 0 saturated heterocycles. The summed E-state index contributed by atoms with van der Waals surface area (Å²) >= 11 is 7.81. The molecule has 0 fully saturated rings. The lowest BCUT2D eigenvalue weighted by Crippen LogP contribution is -2.42. The molecular formula is C20H20ClFN4O3S. The van der Waals surface area contributed by atoms with Gasteiger partial charge in [-0.05, 0) is 42.7 Å². The molecule has 30 heavy (non-hydrogen) atoms. The van der Waals surface area contributed by atoms with Crippen molar-refractivity contribution in [2.45, 2.75) is 12.5 Å². The van der Waals surface area contributed by atoms with Gasteiger partial charge in [0.05, 0.1) is 24.0 Å². The number of hydrogen-bond acceptors (Lipinski definition) is 5. The van der Waals surface area contributed by atoms with Crippen molar-refractivity contribution >= 4 is 35.2 Å². The molecule has 1 amide bonds. The Labute approximate surface area is 182 Å². The molecule has 0 aliphatic heterocycles. The number of hydrogen-bond donors (Lipinski definition) is 1. The normalized spacial score (nSPS) is 11.9. The second-order valence-electron chi connectivity index (χ2n) is 6.31. The highest BCUT2D eigenvalue weighted by Crippen LogP contribution is 2.26. The molecule has 0 bridgehead atoms. The Morgan fingerprint density at radius 1 is 1.33 bits per heavy atom. The van der Waals surface area contributed by atoms with E-state index >= 15 is 0 Å². The third kappa shape index (κ3) is 4.68. The van der Waals surface area contributed by atoms with Crippen molar-refractivity contribution < 1.29 is 18.7 Å². The molecule has 0 spiro atoms. The van der Waals surface area contributed by atoms with E-state index in [-0.39, 0.29) is 16.3 Å². The van der Waals surface area contributed by atoms with Gasteiger partial charge < -0.3 is 14.6 Å².